The molecule has 0 spiro atoms. The molecule has 1 aromatic heterocycles. The summed E-state index contributed by atoms with van der Waals surface area (Å²) in [5.41, 5.74) is 2.46. The molecule has 1 nitrogen and oxygen atoms in total. The van der Waals surface area contributed by atoms with E-state index in [9.17, 15) is 0 Å². The predicted octanol–water partition coefficient (Wildman–Crippen LogP) is 3.87. The van der Waals surface area contributed by atoms with Crippen LogP contribution in [-0.2, 0) is 0 Å². The van der Waals surface area contributed by atoms with E-state index < -0.39 is 0 Å². The molecule has 0 bridgehead atoms. The Hall–Kier alpha value is -1.50. The lowest BCUT2D eigenvalue weighted by Crippen LogP contribution is -1.85. The van der Waals surface area contributed by atoms with Gasteiger partial charge >= 0.3 is 0 Å². The molecule has 0 unspecified atom stereocenters. The fourth-order valence-corrected chi connectivity index (χ4v) is 1.43. The van der Waals surface area contributed by atoms with E-state index in [-0.39, 0.29) is 0 Å². The van der Waals surface area contributed by atoms with Crippen molar-refractivity contribution in [2.45, 2.75) is 19.8 Å². The molecule has 0 aliphatic carbocycles. The van der Waals surface area contributed by atoms with Crippen LogP contribution in [0.15, 0.2) is 40.8 Å². The van der Waals surface area contributed by atoms with Gasteiger partial charge in [-0.15, -0.1) is 0 Å². The van der Waals surface area contributed by atoms with E-state index >= 15 is 0 Å². The SMILES string of the molecule is CC(C)c1ccc(-c2cc[c]o2)cc1. The van der Waals surface area contributed by atoms with Gasteiger partial charge in [-0.05, 0) is 23.6 Å². The second-order valence-corrected chi connectivity index (χ2v) is 3.69. The van der Waals surface area contributed by atoms with Gasteiger partial charge in [-0.2, -0.15) is 0 Å². The smallest absolute Gasteiger partial charge is 0.170 e. The maximum absolute atomic E-state index is 5.19. The minimum atomic E-state index is 0.576. The highest BCUT2D eigenvalue weighted by atomic mass is 16.3. The van der Waals surface area contributed by atoms with E-state index in [1.807, 2.05) is 6.07 Å². The quantitative estimate of drug-likeness (QED) is 0.692. The third kappa shape index (κ3) is 1.72. The molecule has 1 heteroatoms. The van der Waals surface area contributed by atoms with Crippen molar-refractivity contribution >= 4 is 0 Å². The Balaban J connectivity index is 2.31. The normalized spacial score (nSPS) is 10.8. The van der Waals surface area contributed by atoms with Crippen LogP contribution in [0.25, 0.3) is 11.3 Å². The van der Waals surface area contributed by atoms with Gasteiger partial charge in [0.1, 0.15) is 5.76 Å². The van der Waals surface area contributed by atoms with Crippen molar-refractivity contribution in [3.63, 3.8) is 0 Å². The van der Waals surface area contributed by atoms with Gasteiger partial charge < -0.3 is 4.42 Å². The van der Waals surface area contributed by atoms with Gasteiger partial charge in [0.25, 0.3) is 0 Å². The minimum Gasteiger partial charge on any atom is -0.453 e. The van der Waals surface area contributed by atoms with Gasteiger partial charge in [0.2, 0.25) is 0 Å². The lowest BCUT2D eigenvalue weighted by Gasteiger charge is -2.05. The van der Waals surface area contributed by atoms with E-state index in [0.29, 0.717) is 5.92 Å². The first-order valence-electron chi connectivity index (χ1n) is 4.83. The summed E-state index contributed by atoms with van der Waals surface area (Å²) in [6.45, 7) is 4.38. The number of rotatable bonds is 2. The fourth-order valence-electron chi connectivity index (χ4n) is 1.43. The van der Waals surface area contributed by atoms with Crippen molar-refractivity contribution in [3.8, 4) is 11.3 Å². The number of hydrogen-bond acceptors (Lipinski definition) is 1. The summed E-state index contributed by atoms with van der Waals surface area (Å²) >= 11 is 0. The number of furan rings is 1. The van der Waals surface area contributed by atoms with Crippen molar-refractivity contribution in [2.24, 2.45) is 0 Å². The van der Waals surface area contributed by atoms with Crippen molar-refractivity contribution in [1.82, 2.24) is 0 Å². The second-order valence-electron chi connectivity index (χ2n) is 3.69. The molecular formula is C13H13O. The van der Waals surface area contributed by atoms with Gasteiger partial charge in [0, 0.05) is 5.56 Å². The maximum Gasteiger partial charge on any atom is 0.170 e. The first-order chi connectivity index (χ1) is 6.77. The molecule has 14 heavy (non-hydrogen) atoms. The third-order valence-corrected chi connectivity index (χ3v) is 2.33. The molecular weight excluding hydrogens is 172 g/mol. The highest BCUT2D eigenvalue weighted by molar-refractivity contribution is 5.57. The Morgan fingerprint density at radius 3 is 2.29 bits per heavy atom. The topological polar surface area (TPSA) is 13.1 Å². The van der Waals surface area contributed by atoms with Crippen molar-refractivity contribution in [1.29, 1.82) is 0 Å². The zero-order valence-corrected chi connectivity index (χ0v) is 8.45. The zero-order valence-electron chi connectivity index (χ0n) is 8.45. The van der Waals surface area contributed by atoms with Crippen molar-refractivity contribution in [3.05, 3.63) is 48.2 Å². The average molecular weight is 185 g/mol. The molecule has 0 atom stereocenters. The molecule has 0 fully saturated rings. The van der Waals surface area contributed by atoms with Gasteiger partial charge in [-0.1, -0.05) is 38.1 Å². The summed E-state index contributed by atoms with van der Waals surface area (Å²) in [5, 5.41) is 0. The Morgan fingerprint density at radius 1 is 1.07 bits per heavy atom. The van der Waals surface area contributed by atoms with Crippen LogP contribution in [0.2, 0.25) is 0 Å². The predicted molar refractivity (Wildman–Crippen MR) is 57.1 cm³/mol. The van der Waals surface area contributed by atoms with Gasteiger partial charge in [0.05, 0.1) is 0 Å². The molecule has 71 valence electrons. The molecule has 0 N–H and O–H groups in total. The molecule has 1 aromatic carbocycles. The molecule has 0 aliphatic rings. The molecule has 1 radical (unpaired) electrons. The van der Waals surface area contributed by atoms with Gasteiger partial charge in [-0.3, -0.25) is 0 Å². The van der Waals surface area contributed by atoms with Crippen LogP contribution in [0.1, 0.15) is 25.3 Å². The Kier molecular flexibility index (Phi) is 2.40. The van der Waals surface area contributed by atoms with Crippen LogP contribution >= 0.6 is 0 Å². The highest BCUT2D eigenvalue weighted by Crippen LogP contribution is 2.22. The van der Waals surface area contributed by atoms with Crippen LogP contribution in [0.4, 0.5) is 0 Å². The van der Waals surface area contributed by atoms with Crippen LogP contribution in [-0.4, -0.2) is 0 Å². The second kappa shape index (κ2) is 3.70. The van der Waals surface area contributed by atoms with Gasteiger partial charge in [-0.25, -0.2) is 0 Å². The lowest BCUT2D eigenvalue weighted by atomic mass is 10.0. The van der Waals surface area contributed by atoms with E-state index in [1.165, 1.54) is 5.56 Å². The fraction of sp³-hybridized carbons (Fsp3) is 0.231. The number of benzene rings is 1. The Morgan fingerprint density at radius 2 is 1.79 bits per heavy atom. The largest absolute Gasteiger partial charge is 0.453 e. The molecule has 2 rings (SSSR count). The third-order valence-electron chi connectivity index (χ3n) is 2.33. The Labute approximate surface area is 84.4 Å². The summed E-state index contributed by atoms with van der Waals surface area (Å²) in [6, 6.07) is 12.2. The Bertz CT molecular complexity index is 382. The van der Waals surface area contributed by atoms with E-state index in [1.54, 1.807) is 6.07 Å². The summed E-state index contributed by atoms with van der Waals surface area (Å²) in [4.78, 5) is 0. The average Bonchev–Trinajstić information content (AvgIpc) is 2.71. The minimum absolute atomic E-state index is 0.576. The van der Waals surface area contributed by atoms with Crippen LogP contribution in [0, 0.1) is 6.26 Å². The molecule has 0 saturated carbocycles. The first kappa shape index (κ1) is 9.07. The molecule has 0 amide bonds. The van der Waals surface area contributed by atoms with Crippen LogP contribution in [0.3, 0.4) is 0 Å². The van der Waals surface area contributed by atoms with E-state index in [0.717, 1.165) is 11.3 Å². The van der Waals surface area contributed by atoms with Crippen molar-refractivity contribution in [2.75, 3.05) is 0 Å². The monoisotopic (exact) mass is 185 g/mol. The molecule has 1 heterocycles. The summed E-state index contributed by atoms with van der Waals surface area (Å²) in [5.74, 6) is 1.45. The zero-order chi connectivity index (χ0) is 9.97. The van der Waals surface area contributed by atoms with Crippen LogP contribution < -0.4 is 0 Å². The summed E-state index contributed by atoms with van der Waals surface area (Å²) < 4.78 is 5.19. The van der Waals surface area contributed by atoms with E-state index in [4.69, 9.17) is 4.42 Å². The van der Waals surface area contributed by atoms with Crippen LogP contribution in [0.5, 0.6) is 0 Å². The van der Waals surface area contributed by atoms with Gasteiger partial charge in [0.15, 0.2) is 6.26 Å². The first-order valence-corrected chi connectivity index (χ1v) is 4.83. The number of hydrogen-bond donors (Lipinski definition) is 0. The summed E-state index contributed by atoms with van der Waals surface area (Å²) in [6.07, 6.45) is 2.69. The molecule has 0 saturated heterocycles. The maximum atomic E-state index is 5.19. The van der Waals surface area contributed by atoms with Crippen molar-refractivity contribution < 1.29 is 4.42 Å². The lowest BCUT2D eigenvalue weighted by molar-refractivity contribution is 0.573. The van der Waals surface area contributed by atoms with E-state index in [2.05, 4.69) is 44.4 Å². The molecule has 2 aromatic rings. The standard InChI is InChI=1S/C13H13O/c1-10(2)11-5-7-12(8-6-11)13-4-3-9-14-13/h3-8,10H,1-2H3. The summed E-state index contributed by atoms with van der Waals surface area (Å²) in [7, 11) is 0. The molecule has 0 aliphatic heterocycles. The highest BCUT2D eigenvalue weighted by Gasteiger charge is 2.02.